The molecule has 1 amide bonds. The Morgan fingerprint density at radius 2 is 2.03 bits per heavy atom. The quantitative estimate of drug-likeness (QED) is 0.682. The number of rotatable bonds is 4. The minimum atomic E-state index is -0.792. The Balaban J connectivity index is 1.59. The smallest absolute Gasteiger partial charge is 0.255 e. The fourth-order valence-corrected chi connectivity index (χ4v) is 4.77. The van der Waals surface area contributed by atoms with Crippen molar-refractivity contribution in [3.8, 4) is 5.95 Å². The number of amides is 1. The minimum Gasteiger partial charge on any atom is -0.383 e. The highest BCUT2D eigenvalue weighted by atomic mass is 19.1. The van der Waals surface area contributed by atoms with Gasteiger partial charge in [-0.2, -0.15) is 19.7 Å². The van der Waals surface area contributed by atoms with Gasteiger partial charge in [-0.05, 0) is 50.8 Å². The van der Waals surface area contributed by atoms with Gasteiger partial charge >= 0.3 is 0 Å². The number of nitrogen functional groups attached to an aromatic ring is 1. The molecule has 156 valence electrons. The van der Waals surface area contributed by atoms with Gasteiger partial charge in [-0.15, -0.1) is 0 Å². The zero-order chi connectivity index (χ0) is 21.0. The van der Waals surface area contributed by atoms with E-state index in [1.165, 1.54) is 37.8 Å². The highest BCUT2D eigenvalue weighted by molar-refractivity contribution is 6.06. The van der Waals surface area contributed by atoms with Crippen molar-refractivity contribution in [3.63, 3.8) is 0 Å². The van der Waals surface area contributed by atoms with Crippen LogP contribution in [0.2, 0.25) is 0 Å². The Kier molecular flexibility index (Phi) is 4.27. The topological polar surface area (TPSA) is 98.7 Å². The van der Waals surface area contributed by atoms with Crippen LogP contribution in [0.25, 0.3) is 16.9 Å². The summed E-state index contributed by atoms with van der Waals surface area (Å²) in [6.45, 7) is 3.58. The number of nitrogens with zero attached hydrogens (tertiary/aromatic N) is 4. The highest BCUT2D eigenvalue weighted by Crippen LogP contribution is 2.39. The first-order valence-corrected chi connectivity index (χ1v) is 10.5. The van der Waals surface area contributed by atoms with Crippen molar-refractivity contribution in [2.24, 2.45) is 5.92 Å². The molecule has 0 radical (unpaired) electrons. The van der Waals surface area contributed by atoms with E-state index in [-0.39, 0.29) is 23.5 Å². The molecule has 0 unspecified atom stereocenters. The number of carbonyl (C=O) groups excluding carboxylic acids is 1. The molecule has 0 bridgehead atoms. The number of benzene rings is 1. The lowest BCUT2D eigenvalue weighted by molar-refractivity contribution is -0.119. The molecule has 1 saturated carbocycles. The van der Waals surface area contributed by atoms with Crippen LogP contribution in [0.5, 0.6) is 0 Å². The molecule has 30 heavy (non-hydrogen) atoms. The van der Waals surface area contributed by atoms with E-state index < -0.39 is 5.41 Å². The van der Waals surface area contributed by atoms with Crippen LogP contribution >= 0.6 is 0 Å². The Morgan fingerprint density at radius 3 is 2.80 bits per heavy atom. The molecule has 0 atom stereocenters. The summed E-state index contributed by atoms with van der Waals surface area (Å²) in [6, 6.07) is 4.61. The predicted octanol–water partition coefficient (Wildman–Crippen LogP) is 3.89. The van der Waals surface area contributed by atoms with Gasteiger partial charge in [0.2, 0.25) is 5.91 Å². The summed E-state index contributed by atoms with van der Waals surface area (Å²) in [4.78, 5) is 21.3. The summed E-state index contributed by atoms with van der Waals surface area (Å²) in [7, 11) is 0. The monoisotopic (exact) mass is 408 g/mol. The number of fused-ring (bicyclic) bond motifs is 2. The summed E-state index contributed by atoms with van der Waals surface area (Å²) in [6.07, 6.45) is 6.92. The number of hydrogen-bond acceptors (Lipinski definition) is 5. The maximum Gasteiger partial charge on any atom is 0.255 e. The first kappa shape index (κ1) is 19.0. The number of aromatic nitrogens is 4. The number of hydrogen-bond donors (Lipinski definition) is 2. The van der Waals surface area contributed by atoms with Crippen LogP contribution in [-0.2, 0) is 16.6 Å². The van der Waals surface area contributed by atoms with E-state index in [0.717, 1.165) is 29.4 Å². The SMILES string of the molecule is CC1(C)C(=O)Nc2nc(-n3nc(CCC4CCCC4)c4cc(F)ccc43)nc(N)c21. The first-order chi connectivity index (χ1) is 14.3. The zero-order valence-corrected chi connectivity index (χ0v) is 17.2. The van der Waals surface area contributed by atoms with Crippen LogP contribution in [0.1, 0.15) is 57.2 Å². The van der Waals surface area contributed by atoms with Crippen molar-refractivity contribution in [1.82, 2.24) is 19.7 Å². The van der Waals surface area contributed by atoms with Gasteiger partial charge in [-0.25, -0.2) is 4.39 Å². The highest BCUT2D eigenvalue weighted by Gasteiger charge is 2.42. The third kappa shape index (κ3) is 2.93. The van der Waals surface area contributed by atoms with Gasteiger partial charge in [0.15, 0.2) is 0 Å². The minimum absolute atomic E-state index is 0.166. The lowest BCUT2D eigenvalue weighted by atomic mass is 9.87. The van der Waals surface area contributed by atoms with Crippen LogP contribution in [-0.4, -0.2) is 25.7 Å². The Bertz CT molecular complexity index is 1160. The molecule has 3 aromatic rings. The number of anilines is 2. The fourth-order valence-electron chi connectivity index (χ4n) is 4.77. The summed E-state index contributed by atoms with van der Waals surface area (Å²) in [5.41, 5.74) is 7.58. The maximum atomic E-state index is 14.0. The van der Waals surface area contributed by atoms with Crippen LogP contribution in [0.15, 0.2) is 18.2 Å². The van der Waals surface area contributed by atoms with Crippen LogP contribution in [0, 0.1) is 11.7 Å². The fraction of sp³-hybridized carbons (Fsp3) is 0.455. The van der Waals surface area contributed by atoms with E-state index in [1.54, 1.807) is 24.6 Å². The van der Waals surface area contributed by atoms with Crippen molar-refractivity contribution in [2.45, 2.75) is 57.8 Å². The molecule has 2 aromatic heterocycles. The third-order valence-electron chi connectivity index (χ3n) is 6.52. The van der Waals surface area contributed by atoms with Crippen molar-refractivity contribution in [1.29, 1.82) is 0 Å². The Hall–Kier alpha value is -3.03. The molecule has 3 heterocycles. The number of halogens is 1. The van der Waals surface area contributed by atoms with Crippen LogP contribution in [0.4, 0.5) is 16.0 Å². The van der Waals surface area contributed by atoms with Crippen molar-refractivity contribution >= 4 is 28.4 Å². The van der Waals surface area contributed by atoms with Crippen molar-refractivity contribution in [2.75, 3.05) is 11.1 Å². The number of nitrogens with two attached hydrogens (primary N) is 1. The van der Waals surface area contributed by atoms with E-state index in [2.05, 4.69) is 15.3 Å². The number of nitrogens with one attached hydrogen (secondary N) is 1. The summed E-state index contributed by atoms with van der Waals surface area (Å²) in [5.74, 6) is 1.17. The molecule has 0 spiro atoms. The second-order valence-electron chi connectivity index (χ2n) is 8.92. The molecule has 1 aromatic carbocycles. The Labute approximate surface area is 173 Å². The lowest BCUT2D eigenvalue weighted by Crippen LogP contribution is -2.27. The van der Waals surface area contributed by atoms with Crippen LogP contribution < -0.4 is 11.1 Å². The second kappa shape index (κ2) is 6.75. The average molecular weight is 408 g/mol. The summed E-state index contributed by atoms with van der Waals surface area (Å²) >= 11 is 0. The first-order valence-electron chi connectivity index (χ1n) is 10.5. The molecule has 5 rings (SSSR count). The van der Waals surface area contributed by atoms with Crippen molar-refractivity contribution in [3.05, 3.63) is 35.3 Å². The lowest BCUT2D eigenvalue weighted by Gasteiger charge is -2.16. The molecule has 1 aliphatic heterocycles. The van der Waals surface area contributed by atoms with Crippen molar-refractivity contribution < 1.29 is 9.18 Å². The molecule has 8 heteroatoms. The van der Waals surface area contributed by atoms with E-state index in [4.69, 9.17) is 10.8 Å². The second-order valence-corrected chi connectivity index (χ2v) is 8.92. The number of carbonyl (C=O) groups is 1. The molecule has 0 saturated heterocycles. The van der Waals surface area contributed by atoms with Gasteiger partial charge in [0, 0.05) is 5.39 Å². The third-order valence-corrected chi connectivity index (χ3v) is 6.52. The average Bonchev–Trinajstić information content (AvgIpc) is 3.38. The number of aryl methyl sites for hydroxylation is 1. The standard InChI is InChI=1S/C22H25FN6O/c1-22(2)17-18(24)25-21(27-19(17)26-20(22)30)29-16-10-8-13(23)11-14(16)15(28-29)9-7-12-5-3-4-6-12/h8,10-12H,3-7,9H2,1-2H3,(H3,24,25,26,27,30). The summed E-state index contributed by atoms with van der Waals surface area (Å²) in [5, 5.41) is 8.30. The summed E-state index contributed by atoms with van der Waals surface area (Å²) < 4.78 is 15.6. The molecule has 1 aliphatic carbocycles. The molecule has 2 aliphatic rings. The molecule has 7 nitrogen and oxygen atoms in total. The Morgan fingerprint density at radius 1 is 1.27 bits per heavy atom. The van der Waals surface area contributed by atoms with E-state index in [1.807, 2.05) is 0 Å². The van der Waals surface area contributed by atoms with Gasteiger partial charge in [-0.3, -0.25) is 4.79 Å². The van der Waals surface area contributed by atoms with Gasteiger partial charge in [0.05, 0.1) is 22.2 Å². The van der Waals surface area contributed by atoms with Gasteiger partial charge < -0.3 is 11.1 Å². The molecule has 3 N–H and O–H groups in total. The van der Waals surface area contributed by atoms with Crippen LogP contribution in [0.3, 0.4) is 0 Å². The van der Waals surface area contributed by atoms with E-state index in [0.29, 0.717) is 17.3 Å². The molecular weight excluding hydrogens is 383 g/mol. The molecular formula is C22H25FN6O. The zero-order valence-electron chi connectivity index (χ0n) is 17.2. The predicted molar refractivity (Wildman–Crippen MR) is 113 cm³/mol. The largest absolute Gasteiger partial charge is 0.383 e. The van der Waals surface area contributed by atoms with Gasteiger partial charge in [-0.1, -0.05) is 25.7 Å². The maximum absolute atomic E-state index is 14.0. The van der Waals surface area contributed by atoms with Gasteiger partial charge in [0.1, 0.15) is 17.5 Å². The van der Waals surface area contributed by atoms with Gasteiger partial charge in [0.25, 0.3) is 5.95 Å². The normalized spacial score (nSPS) is 18.2. The van der Waals surface area contributed by atoms with E-state index in [9.17, 15) is 9.18 Å². The van der Waals surface area contributed by atoms with E-state index >= 15 is 0 Å². The molecule has 1 fully saturated rings.